The Kier molecular flexibility index (Phi) is 11.0. The fraction of sp³-hybridized carbons (Fsp3) is 0.400. The number of anilines is 3. The number of piperazine rings is 1. The number of fused-ring (bicyclic) bond motifs is 1. The number of nitrogens with one attached hydrogen (secondary N) is 1. The Morgan fingerprint density at radius 2 is 1.57 bits per heavy atom. The van der Waals surface area contributed by atoms with Crippen molar-refractivity contribution in [1.82, 2.24) is 30.2 Å². The van der Waals surface area contributed by atoms with E-state index in [1.54, 1.807) is 30.3 Å². The van der Waals surface area contributed by atoms with E-state index in [-0.39, 0.29) is 41.7 Å². The summed E-state index contributed by atoms with van der Waals surface area (Å²) in [6, 6.07) is 21.3. The Bertz CT molecular complexity index is 2370. The molecule has 5 aliphatic rings. The first-order chi connectivity index (χ1) is 29.6. The molecule has 1 atom stereocenters. The maximum absolute atomic E-state index is 13.3. The second-order valence-corrected chi connectivity index (χ2v) is 16.6. The van der Waals surface area contributed by atoms with Crippen molar-refractivity contribution in [3.8, 4) is 22.8 Å². The van der Waals surface area contributed by atoms with Crippen molar-refractivity contribution in [2.75, 3.05) is 67.9 Å². The zero-order valence-electron chi connectivity index (χ0n) is 33.9. The van der Waals surface area contributed by atoms with E-state index in [1.807, 2.05) is 35.2 Å². The van der Waals surface area contributed by atoms with Crippen LogP contribution in [-0.2, 0) is 20.9 Å². The summed E-state index contributed by atoms with van der Waals surface area (Å²) < 4.78 is 6.33. The van der Waals surface area contributed by atoms with Gasteiger partial charge in [0.05, 0.1) is 35.6 Å². The first-order valence-electron chi connectivity index (χ1n) is 21.1. The van der Waals surface area contributed by atoms with Crippen molar-refractivity contribution in [2.24, 2.45) is 5.92 Å². The van der Waals surface area contributed by atoms with Crippen LogP contribution in [0.5, 0.6) is 11.5 Å². The molecule has 316 valence electrons. The number of nitrogen functional groups attached to an aromatic ring is 1. The molecule has 6 heterocycles. The first kappa shape index (κ1) is 39.9. The van der Waals surface area contributed by atoms with Gasteiger partial charge in [0.2, 0.25) is 17.7 Å². The lowest BCUT2D eigenvalue weighted by Crippen LogP contribution is -2.54. The van der Waals surface area contributed by atoms with Gasteiger partial charge in [0.1, 0.15) is 23.6 Å². The first-order valence-corrected chi connectivity index (χ1v) is 21.1. The number of piperidine rings is 2. The van der Waals surface area contributed by atoms with E-state index in [2.05, 4.69) is 42.3 Å². The molecule has 4 saturated heterocycles. The lowest BCUT2D eigenvalue weighted by molar-refractivity contribution is -0.136. The molecule has 61 heavy (non-hydrogen) atoms. The molecule has 0 saturated carbocycles. The van der Waals surface area contributed by atoms with Gasteiger partial charge in [-0.1, -0.05) is 24.3 Å². The van der Waals surface area contributed by atoms with Gasteiger partial charge in [0.15, 0.2) is 5.82 Å². The van der Waals surface area contributed by atoms with Gasteiger partial charge in [0.25, 0.3) is 11.8 Å². The number of amides is 5. The van der Waals surface area contributed by atoms with E-state index >= 15 is 0 Å². The quantitative estimate of drug-likeness (QED) is 0.186. The number of imide groups is 2. The summed E-state index contributed by atoms with van der Waals surface area (Å²) in [5.41, 5.74) is 10.7. The van der Waals surface area contributed by atoms with Crippen molar-refractivity contribution in [1.29, 1.82) is 0 Å². The Balaban J connectivity index is 0.693. The number of carbonyl (C=O) groups is 5. The van der Waals surface area contributed by atoms with Crippen LogP contribution in [0.25, 0.3) is 11.3 Å². The van der Waals surface area contributed by atoms with E-state index < -0.39 is 29.7 Å². The van der Waals surface area contributed by atoms with Gasteiger partial charge in [-0.05, 0) is 85.7 Å². The van der Waals surface area contributed by atoms with E-state index in [1.165, 1.54) is 0 Å². The van der Waals surface area contributed by atoms with E-state index in [4.69, 9.17) is 10.5 Å². The van der Waals surface area contributed by atoms with Crippen molar-refractivity contribution in [3.63, 3.8) is 0 Å². The van der Waals surface area contributed by atoms with E-state index in [9.17, 15) is 29.1 Å². The van der Waals surface area contributed by atoms with Crippen LogP contribution in [0.4, 0.5) is 17.2 Å². The molecule has 5 amide bonds. The predicted octanol–water partition coefficient (Wildman–Crippen LogP) is 3.44. The van der Waals surface area contributed by atoms with Gasteiger partial charge < -0.3 is 30.3 Å². The highest BCUT2D eigenvalue weighted by Gasteiger charge is 2.45. The summed E-state index contributed by atoms with van der Waals surface area (Å²) in [5, 5.41) is 20.8. The Labute approximate surface area is 353 Å². The van der Waals surface area contributed by atoms with Crippen LogP contribution in [-0.4, -0.2) is 124 Å². The lowest BCUT2D eigenvalue weighted by Gasteiger charge is -2.41. The molecule has 1 aromatic heterocycles. The molecular weight excluding hydrogens is 779 g/mol. The van der Waals surface area contributed by atoms with Gasteiger partial charge in [-0.15, -0.1) is 10.2 Å². The smallest absolute Gasteiger partial charge is 0.262 e. The molecule has 4 fully saturated rings. The monoisotopic (exact) mass is 827 g/mol. The number of phenolic OH excluding ortho intramolecular Hbond substituents is 1. The number of carbonyl (C=O) groups excluding carboxylic acids is 5. The molecule has 9 rings (SSSR count). The topological polar surface area (TPSA) is 195 Å². The fourth-order valence-electron chi connectivity index (χ4n) is 9.12. The number of phenols is 1. The summed E-state index contributed by atoms with van der Waals surface area (Å²) in [5.74, 6) is -0.121. The zero-order chi connectivity index (χ0) is 42.2. The zero-order valence-corrected chi connectivity index (χ0v) is 33.9. The molecule has 16 heteroatoms. The van der Waals surface area contributed by atoms with Gasteiger partial charge in [-0.3, -0.25) is 39.1 Å². The van der Waals surface area contributed by atoms with Crippen LogP contribution < -0.4 is 25.6 Å². The minimum Gasteiger partial charge on any atom is -0.507 e. The molecular formula is C45H49N9O7. The minimum atomic E-state index is -0.986. The maximum Gasteiger partial charge on any atom is 0.262 e. The summed E-state index contributed by atoms with van der Waals surface area (Å²) >= 11 is 0. The number of ether oxygens (including phenoxy) is 1. The van der Waals surface area contributed by atoms with E-state index in [0.29, 0.717) is 55.6 Å². The number of rotatable bonds is 11. The maximum atomic E-state index is 13.3. The second-order valence-electron chi connectivity index (χ2n) is 16.6. The van der Waals surface area contributed by atoms with Gasteiger partial charge in [-0.2, -0.15) is 0 Å². The van der Waals surface area contributed by atoms with Crippen molar-refractivity contribution in [3.05, 3.63) is 89.5 Å². The standard InChI is InChI=1S/C45H49N9O7/c46-42-38(24-36(48-49-42)34-6-1-2-7-39(34)55)53-26-32(27-53)61-31-5-3-4-29(22-31)25-50-18-20-52(21-19-50)41(57)13-8-28-14-16-51(17-15-28)30-9-10-33-35(23-30)45(60)54(44(33)59)37-11-12-40(56)47-43(37)58/h1-7,9-10,22-24,28,32,37,55H,8,11-21,25-27H2,(H2,46,49)(H,47,56,58). The van der Waals surface area contributed by atoms with Crippen LogP contribution in [0.1, 0.15) is 64.8 Å². The number of aromatic hydroxyl groups is 1. The van der Waals surface area contributed by atoms with E-state index in [0.717, 1.165) is 79.6 Å². The average molecular weight is 828 g/mol. The van der Waals surface area contributed by atoms with Crippen molar-refractivity contribution in [2.45, 2.75) is 57.2 Å². The van der Waals surface area contributed by atoms with Crippen LogP contribution in [0.2, 0.25) is 0 Å². The van der Waals surface area contributed by atoms with Crippen LogP contribution >= 0.6 is 0 Å². The van der Waals surface area contributed by atoms with Gasteiger partial charge in [0, 0.05) is 69.9 Å². The third-order valence-corrected chi connectivity index (χ3v) is 12.7. The molecule has 0 bridgehead atoms. The molecule has 0 spiro atoms. The molecule has 4 aromatic rings. The molecule has 0 radical (unpaired) electrons. The lowest BCUT2D eigenvalue weighted by atomic mass is 9.91. The number of nitrogens with zero attached hydrogens (tertiary/aromatic N) is 7. The molecule has 5 aliphatic heterocycles. The highest BCUT2D eigenvalue weighted by molar-refractivity contribution is 6.23. The van der Waals surface area contributed by atoms with Crippen molar-refractivity contribution >= 4 is 46.7 Å². The van der Waals surface area contributed by atoms with Crippen LogP contribution in [0.15, 0.2) is 72.8 Å². The second kappa shape index (κ2) is 16.8. The number of benzene rings is 3. The normalized spacial score (nSPS) is 20.2. The number of hydrogen-bond acceptors (Lipinski definition) is 13. The molecule has 1 unspecified atom stereocenters. The van der Waals surface area contributed by atoms with Crippen LogP contribution in [0.3, 0.4) is 0 Å². The molecule has 3 aromatic carbocycles. The van der Waals surface area contributed by atoms with Crippen molar-refractivity contribution < 1.29 is 33.8 Å². The largest absolute Gasteiger partial charge is 0.507 e. The predicted molar refractivity (Wildman–Crippen MR) is 226 cm³/mol. The Hall–Kier alpha value is -6.55. The Morgan fingerprint density at radius 3 is 2.34 bits per heavy atom. The highest BCUT2D eigenvalue weighted by Crippen LogP contribution is 2.35. The molecule has 16 nitrogen and oxygen atoms in total. The number of para-hydroxylation sites is 1. The van der Waals surface area contributed by atoms with Gasteiger partial charge in [-0.25, -0.2) is 0 Å². The minimum absolute atomic E-state index is 0.00940. The number of nitrogens with two attached hydrogens (primary N) is 1. The van der Waals surface area contributed by atoms with Crippen LogP contribution in [0, 0.1) is 5.92 Å². The Morgan fingerprint density at radius 1 is 0.803 bits per heavy atom. The summed E-state index contributed by atoms with van der Waals surface area (Å²) in [6.45, 7) is 6.63. The highest BCUT2D eigenvalue weighted by atomic mass is 16.5. The SMILES string of the molecule is Nc1nnc(-c2ccccc2O)cc1N1CC(Oc2cccc(CN3CCN(C(=O)CCC4CCN(c5ccc6c(c5)C(=O)N(C5CCC(=O)NC5=O)C6=O)CC4)CC3)c2)C1. The summed E-state index contributed by atoms with van der Waals surface area (Å²) in [4.78, 5) is 73.4. The third-order valence-electron chi connectivity index (χ3n) is 12.7. The fourth-order valence-corrected chi connectivity index (χ4v) is 9.12. The van der Waals surface area contributed by atoms with Gasteiger partial charge >= 0.3 is 0 Å². The average Bonchev–Trinajstić information content (AvgIpc) is 3.50. The number of aromatic nitrogens is 2. The number of hydrogen-bond donors (Lipinski definition) is 3. The third kappa shape index (κ3) is 8.31. The molecule has 4 N–H and O–H groups in total. The molecule has 0 aliphatic carbocycles. The summed E-state index contributed by atoms with van der Waals surface area (Å²) in [6.07, 6.45) is 3.41. The summed E-state index contributed by atoms with van der Waals surface area (Å²) in [7, 11) is 0.